The maximum atomic E-state index is 11.6. The van der Waals surface area contributed by atoms with E-state index < -0.39 is 0 Å². The van der Waals surface area contributed by atoms with Gasteiger partial charge in [-0.05, 0) is 85.9 Å². The molecule has 2 nitrogen and oxygen atoms in total. The second-order valence-corrected chi connectivity index (χ2v) is 11.4. The Balaban J connectivity index is 1.59. The number of carbonyl (C=O) groups is 1. The van der Waals surface area contributed by atoms with E-state index in [1.807, 2.05) is 0 Å². The number of fused-ring (bicyclic) bond motifs is 5. The van der Waals surface area contributed by atoms with Crippen LogP contribution in [0.3, 0.4) is 0 Å². The molecule has 0 saturated heterocycles. The molecule has 0 spiro atoms. The minimum atomic E-state index is -0.0944. The van der Waals surface area contributed by atoms with Gasteiger partial charge in [-0.1, -0.05) is 42.9 Å². The number of ether oxygens (including phenoxy) is 1. The highest BCUT2D eigenvalue weighted by molar-refractivity contribution is 14.1. The number of halogens is 1. The number of carbonyl (C=O) groups excluding carboxylic acids is 1. The molecular weight excluding hydrogens is 411 g/mol. The van der Waals surface area contributed by atoms with Crippen molar-refractivity contribution in [3.8, 4) is 0 Å². The minimum absolute atomic E-state index is 0.0944. The molecule has 4 aliphatic carbocycles. The summed E-state index contributed by atoms with van der Waals surface area (Å²) in [5.41, 5.74) is 1.04. The molecule has 0 aromatic carbocycles. The predicted octanol–water partition coefficient (Wildman–Crippen LogP) is 5.76. The summed E-state index contributed by atoms with van der Waals surface area (Å²) in [5, 5.41) is 0. The van der Waals surface area contributed by atoms with Gasteiger partial charge in [0.1, 0.15) is 6.10 Å². The Labute approximate surface area is 161 Å². The molecule has 0 bridgehead atoms. The lowest BCUT2D eigenvalue weighted by atomic mass is 9.45. The van der Waals surface area contributed by atoms with E-state index in [4.69, 9.17) is 4.74 Å². The highest BCUT2D eigenvalue weighted by Gasteiger charge is 2.59. The molecule has 4 aliphatic rings. The van der Waals surface area contributed by atoms with Gasteiger partial charge in [0.15, 0.2) is 0 Å². The van der Waals surface area contributed by atoms with Crippen molar-refractivity contribution in [3.63, 3.8) is 0 Å². The van der Waals surface area contributed by atoms with E-state index in [9.17, 15) is 4.79 Å². The molecule has 0 aliphatic heterocycles. The fourth-order valence-corrected chi connectivity index (χ4v) is 8.56. The molecule has 4 rings (SSSR count). The van der Waals surface area contributed by atoms with Crippen LogP contribution >= 0.6 is 22.6 Å². The molecule has 4 saturated carbocycles. The monoisotopic (exact) mass is 444 g/mol. The van der Waals surface area contributed by atoms with Crippen LogP contribution in [0.1, 0.15) is 78.6 Å². The quantitative estimate of drug-likeness (QED) is 0.292. The average Bonchev–Trinajstić information content (AvgIpc) is 2.90. The third kappa shape index (κ3) is 2.66. The Hall–Kier alpha value is 0.200. The van der Waals surface area contributed by atoms with Gasteiger partial charge in [0.2, 0.25) is 0 Å². The van der Waals surface area contributed by atoms with Gasteiger partial charge in [-0.3, -0.25) is 4.79 Å². The zero-order valence-corrected chi connectivity index (χ0v) is 17.7. The first-order valence-corrected chi connectivity index (χ1v) is 11.4. The lowest BCUT2D eigenvalue weighted by molar-refractivity contribution is -0.159. The van der Waals surface area contributed by atoms with Gasteiger partial charge in [-0.25, -0.2) is 0 Å². The second kappa shape index (κ2) is 6.13. The molecule has 3 heteroatoms. The van der Waals surface area contributed by atoms with Crippen LogP contribution in [0.5, 0.6) is 0 Å². The summed E-state index contributed by atoms with van der Waals surface area (Å²) >= 11 is 2.55. The third-order valence-corrected chi connectivity index (χ3v) is 10.0. The number of hydrogen-bond acceptors (Lipinski definition) is 2. The summed E-state index contributed by atoms with van der Waals surface area (Å²) in [6.45, 7) is 6.72. The van der Waals surface area contributed by atoms with E-state index in [-0.39, 0.29) is 12.1 Å². The molecule has 8 atom stereocenters. The normalized spacial score (nSPS) is 53.7. The number of hydrogen-bond donors (Lipinski definition) is 0. The van der Waals surface area contributed by atoms with Gasteiger partial charge in [-0.2, -0.15) is 0 Å². The molecule has 0 radical (unpaired) electrons. The maximum absolute atomic E-state index is 11.6. The Morgan fingerprint density at radius 1 is 1.08 bits per heavy atom. The summed E-state index contributed by atoms with van der Waals surface area (Å²) < 4.78 is 6.26. The van der Waals surface area contributed by atoms with Crippen molar-refractivity contribution in [3.05, 3.63) is 0 Å². The molecule has 0 N–H and O–H groups in total. The molecule has 0 aromatic heterocycles. The van der Waals surface area contributed by atoms with Crippen molar-refractivity contribution in [1.82, 2.24) is 0 Å². The van der Waals surface area contributed by atoms with E-state index >= 15 is 0 Å². The van der Waals surface area contributed by atoms with Crippen LogP contribution in [0, 0.1) is 34.5 Å². The molecule has 0 amide bonds. The fraction of sp³-hybridized carbons (Fsp3) is 0.952. The maximum Gasteiger partial charge on any atom is 0.302 e. The second-order valence-electron chi connectivity index (χ2n) is 9.85. The highest BCUT2D eigenvalue weighted by atomic mass is 127. The lowest BCUT2D eigenvalue weighted by Crippen LogP contribution is -2.55. The summed E-state index contributed by atoms with van der Waals surface area (Å²) in [6, 6.07) is 0. The Kier molecular flexibility index (Phi) is 4.49. The Morgan fingerprint density at radius 3 is 2.62 bits per heavy atom. The highest BCUT2D eigenvalue weighted by Crippen LogP contribution is 2.66. The standard InChI is InChI=1S/C21H33IO2/c1-13(23)24-19-12-21(3)14(11-18(19)22)6-7-15-16-5-4-9-20(16,2)10-8-17(15)21/h14-19H,4-12H2,1-3H3/t14-,15-,16+,17+,18-,19+,20-,21-/m0/s1. The lowest BCUT2D eigenvalue weighted by Gasteiger charge is -2.61. The molecule has 0 unspecified atom stereocenters. The first-order chi connectivity index (χ1) is 11.3. The van der Waals surface area contributed by atoms with Gasteiger partial charge < -0.3 is 4.74 Å². The van der Waals surface area contributed by atoms with E-state index in [0.29, 0.717) is 14.8 Å². The molecule has 24 heavy (non-hydrogen) atoms. The van der Waals surface area contributed by atoms with Crippen molar-refractivity contribution >= 4 is 28.6 Å². The molecule has 0 aromatic rings. The Bertz CT molecular complexity index is 520. The first kappa shape index (κ1) is 17.6. The summed E-state index contributed by atoms with van der Waals surface area (Å²) in [6.07, 6.45) is 12.6. The van der Waals surface area contributed by atoms with Gasteiger partial charge in [0.05, 0.1) is 0 Å². The zero-order chi connectivity index (χ0) is 17.1. The molecule has 136 valence electrons. The first-order valence-electron chi connectivity index (χ1n) is 10.1. The van der Waals surface area contributed by atoms with Crippen LogP contribution in [0.4, 0.5) is 0 Å². The van der Waals surface area contributed by atoms with E-state index in [1.165, 1.54) is 51.4 Å². The van der Waals surface area contributed by atoms with Gasteiger partial charge in [0, 0.05) is 10.8 Å². The van der Waals surface area contributed by atoms with Gasteiger partial charge in [-0.15, -0.1) is 0 Å². The average molecular weight is 444 g/mol. The van der Waals surface area contributed by atoms with Crippen molar-refractivity contribution in [2.24, 2.45) is 34.5 Å². The van der Waals surface area contributed by atoms with Crippen molar-refractivity contribution < 1.29 is 9.53 Å². The van der Waals surface area contributed by atoms with E-state index in [1.54, 1.807) is 6.92 Å². The summed E-state index contributed by atoms with van der Waals surface area (Å²) in [7, 11) is 0. The predicted molar refractivity (Wildman–Crippen MR) is 105 cm³/mol. The van der Waals surface area contributed by atoms with Crippen molar-refractivity contribution in [2.45, 2.75) is 88.6 Å². The number of esters is 1. The third-order valence-electron chi connectivity index (χ3n) is 8.72. The fourth-order valence-electron chi connectivity index (χ4n) is 7.55. The summed E-state index contributed by atoms with van der Waals surface area (Å²) in [4.78, 5) is 11.6. The van der Waals surface area contributed by atoms with E-state index in [0.717, 1.165) is 30.1 Å². The largest absolute Gasteiger partial charge is 0.461 e. The molecule has 4 fully saturated rings. The van der Waals surface area contributed by atoms with E-state index in [2.05, 4.69) is 36.4 Å². The van der Waals surface area contributed by atoms with Crippen molar-refractivity contribution in [2.75, 3.05) is 0 Å². The topological polar surface area (TPSA) is 26.3 Å². The van der Waals surface area contributed by atoms with Crippen LogP contribution in [0.25, 0.3) is 0 Å². The van der Waals surface area contributed by atoms with Crippen LogP contribution in [0.15, 0.2) is 0 Å². The zero-order valence-electron chi connectivity index (χ0n) is 15.5. The smallest absolute Gasteiger partial charge is 0.302 e. The van der Waals surface area contributed by atoms with Crippen LogP contribution in [-0.2, 0) is 9.53 Å². The van der Waals surface area contributed by atoms with Gasteiger partial charge in [0.25, 0.3) is 0 Å². The minimum Gasteiger partial charge on any atom is -0.461 e. The number of alkyl halides is 1. The van der Waals surface area contributed by atoms with Crippen molar-refractivity contribution in [1.29, 1.82) is 0 Å². The Morgan fingerprint density at radius 2 is 1.88 bits per heavy atom. The number of rotatable bonds is 1. The van der Waals surface area contributed by atoms with Crippen LogP contribution in [0.2, 0.25) is 0 Å². The van der Waals surface area contributed by atoms with Crippen LogP contribution < -0.4 is 0 Å². The molecular formula is C21H33IO2. The SMILES string of the molecule is CC(=O)O[C@@H]1C[C@@]2(C)[C@@H](CC[C@H]3[C@H]4CCC[C@@]4(C)CC[C@H]32)C[C@@H]1I. The van der Waals surface area contributed by atoms with Crippen LogP contribution in [-0.4, -0.2) is 16.0 Å². The summed E-state index contributed by atoms with van der Waals surface area (Å²) in [5.74, 6) is 3.53. The van der Waals surface area contributed by atoms with Gasteiger partial charge >= 0.3 is 5.97 Å². The molecule has 0 heterocycles.